The van der Waals surface area contributed by atoms with E-state index in [1.807, 2.05) is 19.1 Å². The standard InChI is InChI=1S/C13H16ClN3OS2/c1-9-16-13(20-17-9)19-12-10(4-3-5-11(12)14)8-15-6-7-18-2/h3-5,15H,6-8H2,1-2H3. The summed E-state index contributed by atoms with van der Waals surface area (Å²) in [7, 11) is 1.69. The van der Waals surface area contributed by atoms with Gasteiger partial charge in [0.15, 0.2) is 4.34 Å². The average molecular weight is 330 g/mol. The minimum absolute atomic E-state index is 0.693. The maximum absolute atomic E-state index is 6.31. The lowest BCUT2D eigenvalue weighted by Gasteiger charge is -2.10. The monoisotopic (exact) mass is 329 g/mol. The summed E-state index contributed by atoms with van der Waals surface area (Å²) in [6, 6.07) is 5.93. The Morgan fingerprint density at radius 1 is 1.45 bits per heavy atom. The van der Waals surface area contributed by atoms with Crippen molar-refractivity contribution < 1.29 is 4.74 Å². The zero-order valence-electron chi connectivity index (χ0n) is 11.4. The van der Waals surface area contributed by atoms with Gasteiger partial charge in [-0.15, -0.1) is 0 Å². The van der Waals surface area contributed by atoms with Crippen LogP contribution in [0.15, 0.2) is 27.4 Å². The van der Waals surface area contributed by atoms with Crippen molar-refractivity contribution in [1.29, 1.82) is 0 Å². The normalized spacial score (nSPS) is 10.9. The Kier molecular flexibility index (Phi) is 6.25. The fourth-order valence-corrected chi connectivity index (χ4v) is 3.65. The third kappa shape index (κ3) is 4.43. The number of aromatic nitrogens is 2. The van der Waals surface area contributed by atoms with E-state index in [1.54, 1.807) is 18.9 Å². The first-order chi connectivity index (χ1) is 9.70. The van der Waals surface area contributed by atoms with E-state index < -0.39 is 0 Å². The van der Waals surface area contributed by atoms with Crippen LogP contribution in [-0.4, -0.2) is 29.6 Å². The van der Waals surface area contributed by atoms with E-state index in [9.17, 15) is 0 Å². The zero-order chi connectivity index (χ0) is 14.4. The molecule has 2 aromatic rings. The highest BCUT2D eigenvalue weighted by atomic mass is 35.5. The van der Waals surface area contributed by atoms with Gasteiger partial charge in [0.2, 0.25) is 0 Å². The first kappa shape index (κ1) is 15.7. The van der Waals surface area contributed by atoms with E-state index in [0.29, 0.717) is 6.61 Å². The van der Waals surface area contributed by atoms with E-state index >= 15 is 0 Å². The van der Waals surface area contributed by atoms with Crippen LogP contribution in [0.4, 0.5) is 0 Å². The molecule has 7 heteroatoms. The summed E-state index contributed by atoms with van der Waals surface area (Å²) in [5, 5.41) is 4.08. The van der Waals surface area contributed by atoms with Gasteiger partial charge >= 0.3 is 0 Å². The Balaban J connectivity index is 2.09. The Morgan fingerprint density at radius 2 is 2.30 bits per heavy atom. The molecule has 0 saturated heterocycles. The van der Waals surface area contributed by atoms with Crippen LogP contribution < -0.4 is 5.32 Å². The Labute approximate surface area is 132 Å². The van der Waals surface area contributed by atoms with Crippen LogP contribution >= 0.6 is 34.9 Å². The molecule has 20 heavy (non-hydrogen) atoms. The van der Waals surface area contributed by atoms with E-state index in [-0.39, 0.29) is 0 Å². The highest BCUT2D eigenvalue weighted by molar-refractivity contribution is 8.01. The van der Waals surface area contributed by atoms with Crippen LogP contribution in [0.1, 0.15) is 11.4 Å². The molecule has 0 saturated carbocycles. The van der Waals surface area contributed by atoms with Crippen molar-refractivity contribution in [3.63, 3.8) is 0 Å². The molecule has 0 radical (unpaired) electrons. The molecule has 0 atom stereocenters. The van der Waals surface area contributed by atoms with Crippen LogP contribution in [0.25, 0.3) is 0 Å². The summed E-state index contributed by atoms with van der Waals surface area (Å²) in [5.41, 5.74) is 1.16. The quantitative estimate of drug-likeness (QED) is 0.789. The van der Waals surface area contributed by atoms with Gasteiger partial charge in [-0.1, -0.05) is 35.5 Å². The predicted octanol–water partition coefficient (Wildman–Crippen LogP) is 3.39. The van der Waals surface area contributed by atoms with Gasteiger partial charge in [0.05, 0.1) is 11.6 Å². The summed E-state index contributed by atoms with van der Waals surface area (Å²) in [4.78, 5) is 5.41. The van der Waals surface area contributed by atoms with Gasteiger partial charge in [0.25, 0.3) is 0 Å². The SMILES string of the molecule is COCCNCc1cccc(Cl)c1Sc1nc(C)ns1. The number of ether oxygens (including phenoxy) is 1. The molecule has 1 N–H and O–H groups in total. The third-order valence-electron chi connectivity index (χ3n) is 2.55. The second-order valence-corrected chi connectivity index (χ2v) is 6.52. The average Bonchev–Trinajstić information content (AvgIpc) is 2.84. The Morgan fingerprint density at radius 3 is 3.00 bits per heavy atom. The minimum Gasteiger partial charge on any atom is -0.383 e. The number of nitrogens with zero attached hydrogens (tertiary/aromatic N) is 2. The molecule has 0 spiro atoms. The fourth-order valence-electron chi connectivity index (χ4n) is 1.61. The number of benzene rings is 1. The maximum atomic E-state index is 6.31. The van der Waals surface area contributed by atoms with Crippen molar-refractivity contribution in [2.75, 3.05) is 20.3 Å². The summed E-state index contributed by atoms with van der Waals surface area (Å²) in [5.74, 6) is 0.796. The number of halogens is 1. The highest BCUT2D eigenvalue weighted by Crippen LogP contribution is 2.36. The first-order valence-corrected chi connectivity index (χ1v) is 8.12. The third-order valence-corrected chi connectivity index (χ3v) is 5.00. The number of aryl methyl sites for hydroxylation is 1. The highest BCUT2D eigenvalue weighted by Gasteiger charge is 2.11. The summed E-state index contributed by atoms with van der Waals surface area (Å²) < 4.78 is 10.1. The van der Waals surface area contributed by atoms with Crippen LogP contribution in [0.3, 0.4) is 0 Å². The van der Waals surface area contributed by atoms with Gasteiger partial charge in [-0.2, -0.15) is 4.37 Å². The molecule has 4 nitrogen and oxygen atoms in total. The molecule has 1 aromatic carbocycles. The van der Waals surface area contributed by atoms with Crippen molar-refractivity contribution >= 4 is 34.9 Å². The molecule has 1 aromatic heterocycles. The van der Waals surface area contributed by atoms with E-state index in [0.717, 1.165) is 38.7 Å². The summed E-state index contributed by atoms with van der Waals surface area (Å²) in [6.45, 7) is 4.15. The smallest absolute Gasteiger partial charge is 0.174 e. The molecule has 0 amide bonds. The second-order valence-electron chi connectivity index (χ2n) is 4.11. The topological polar surface area (TPSA) is 47.0 Å². The zero-order valence-corrected chi connectivity index (χ0v) is 13.7. The maximum Gasteiger partial charge on any atom is 0.174 e. The summed E-state index contributed by atoms with van der Waals surface area (Å²) in [6.07, 6.45) is 0. The van der Waals surface area contributed by atoms with Crippen molar-refractivity contribution in [1.82, 2.24) is 14.7 Å². The molecule has 0 aliphatic rings. The van der Waals surface area contributed by atoms with Crippen molar-refractivity contribution in [2.45, 2.75) is 22.7 Å². The molecule has 108 valence electrons. The largest absolute Gasteiger partial charge is 0.383 e. The number of rotatable bonds is 7. The lowest BCUT2D eigenvalue weighted by molar-refractivity contribution is 0.199. The van der Waals surface area contributed by atoms with Gasteiger partial charge in [-0.25, -0.2) is 4.98 Å². The molecule has 0 aliphatic carbocycles. The van der Waals surface area contributed by atoms with E-state index in [4.69, 9.17) is 16.3 Å². The molecule has 2 rings (SSSR count). The second kappa shape index (κ2) is 7.95. The number of hydrogen-bond acceptors (Lipinski definition) is 6. The van der Waals surface area contributed by atoms with Gasteiger partial charge in [0, 0.05) is 25.1 Å². The van der Waals surface area contributed by atoms with Gasteiger partial charge in [0.1, 0.15) is 5.82 Å². The number of methoxy groups -OCH3 is 1. The molecule has 1 heterocycles. The number of hydrogen-bond donors (Lipinski definition) is 1. The molecular weight excluding hydrogens is 314 g/mol. The van der Waals surface area contributed by atoms with Crippen molar-refractivity contribution in [2.24, 2.45) is 0 Å². The van der Waals surface area contributed by atoms with E-state index in [1.165, 1.54) is 11.5 Å². The van der Waals surface area contributed by atoms with Crippen LogP contribution in [0.5, 0.6) is 0 Å². The lowest BCUT2D eigenvalue weighted by atomic mass is 10.2. The van der Waals surface area contributed by atoms with E-state index in [2.05, 4.69) is 20.7 Å². The fraction of sp³-hybridized carbons (Fsp3) is 0.385. The van der Waals surface area contributed by atoms with Crippen LogP contribution in [0.2, 0.25) is 5.02 Å². The molecular formula is C13H16ClN3OS2. The van der Waals surface area contributed by atoms with Crippen molar-refractivity contribution in [3.8, 4) is 0 Å². The van der Waals surface area contributed by atoms with Crippen LogP contribution in [-0.2, 0) is 11.3 Å². The predicted molar refractivity (Wildman–Crippen MR) is 83.8 cm³/mol. The Hall–Kier alpha value is -0.660. The molecule has 0 fully saturated rings. The summed E-state index contributed by atoms with van der Waals surface area (Å²) >= 11 is 9.27. The lowest BCUT2D eigenvalue weighted by Crippen LogP contribution is -2.18. The molecule has 0 bridgehead atoms. The van der Waals surface area contributed by atoms with Gasteiger partial charge in [-0.05, 0) is 30.1 Å². The minimum atomic E-state index is 0.693. The van der Waals surface area contributed by atoms with Crippen molar-refractivity contribution in [3.05, 3.63) is 34.6 Å². The van der Waals surface area contributed by atoms with Crippen LogP contribution in [0, 0.1) is 6.92 Å². The Bertz CT molecular complexity index is 562. The molecule has 0 unspecified atom stereocenters. The first-order valence-electron chi connectivity index (χ1n) is 6.16. The molecule has 0 aliphatic heterocycles. The van der Waals surface area contributed by atoms with Gasteiger partial charge in [-0.3, -0.25) is 0 Å². The van der Waals surface area contributed by atoms with Gasteiger partial charge < -0.3 is 10.1 Å². The number of nitrogens with one attached hydrogen (secondary N) is 1.